The number of carbonyl (C=O) groups is 1. The van der Waals surface area contributed by atoms with E-state index in [2.05, 4.69) is 12.1 Å². The second-order valence-electron chi connectivity index (χ2n) is 16.0. The fraction of sp³-hybridized carbons (Fsp3) is 0.217. The van der Waals surface area contributed by atoms with E-state index < -0.39 is 201 Å². The Kier molecular flexibility index (Phi) is 15.9. The van der Waals surface area contributed by atoms with Crippen molar-refractivity contribution >= 4 is 33.8 Å². The maximum atomic E-state index is 14.2. The molecule has 0 saturated heterocycles. The number of hydrogen-bond acceptors (Lipinski definition) is 2. The van der Waals surface area contributed by atoms with E-state index in [1.54, 1.807) is 12.1 Å². The van der Waals surface area contributed by atoms with Crippen LogP contribution in [0.5, 0.6) is 0 Å². The van der Waals surface area contributed by atoms with Gasteiger partial charge in [0.05, 0.1) is 44.5 Å². The van der Waals surface area contributed by atoms with Crippen LogP contribution in [-0.2, 0) is 56.0 Å². The van der Waals surface area contributed by atoms with Crippen molar-refractivity contribution in [2.45, 2.75) is 56.0 Å². The van der Waals surface area contributed by atoms with Crippen molar-refractivity contribution in [1.82, 2.24) is 0 Å². The summed E-state index contributed by atoms with van der Waals surface area (Å²) >= 11 is 0. The van der Waals surface area contributed by atoms with E-state index in [9.17, 15) is 110 Å². The molecule has 0 fully saturated rings. The second-order valence-corrected chi connectivity index (χ2v) is 16.0. The van der Waals surface area contributed by atoms with Crippen molar-refractivity contribution in [2.75, 3.05) is 6.61 Å². The van der Waals surface area contributed by atoms with Crippen LogP contribution in [0.3, 0.4) is 0 Å². The quantitative estimate of drug-likeness (QED) is 0.0714. The number of hydrogen-bond donors (Lipinski definition) is 1. The monoisotopic (exact) mass is 1090 g/mol. The van der Waals surface area contributed by atoms with E-state index in [0.29, 0.717) is 5.56 Å². The molecule has 0 atom stereocenters. The van der Waals surface area contributed by atoms with Crippen LogP contribution in [-0.4, -0.2) is 23.6 Å². The zero-order valence-electron chi connectivity index (χ0n) is 36.0. The topological polar surface area (TPSA) is 41.2 Å². The first-order valence-electron chi connectivity index (χ1n) is 20.1. The van der Waals surface area contributed by atoms with Gasteiger partial charge in [0, 0.05) is 23.3 Å². The maximum absolute atomic E-state index is 14.2. The molecule has 1 heterocycles. The Morgan fingerprint density at radius 2 is 0.595 bits per heavy atom. The van der Waals surface area contributed by atoms with E-state index in [0.717, 1.165) is 6.54 Å². The van der Waals surface area contributed by atoms with Crippen molar-refractivity contribution < 1.29 is 120 Å². The lowest BCUT2D eigenvalue weighted by atomic mass is 9.12. The number of aliphatic hydroxyl groups is 1. The number of halogens is 24. The molecule has 1 N–H and O–H groups in total. The van der Waals surface area contributed by atoms with Gasteiger partial charge in [0.25, 0.3) is 0 Å². The number of Topliss-reactive ketones (excluding diaryl/α,β-unsaturated/α-hetero) is 1. The van der Waals surface area contributed by atoms with Gasteiger partial charge >= 0.3 is 49.4 Å². The summed E-state index contributed by atoms with van der Waals surface area (Å²) in [5, 5.41) is 8.74. The van der Waals surface area contributed by atoms with Crippen LogP contribution in [0.25, 0.3) is 0 Å². The first-order chi connectivity index (χ1) is 33.6. The molecule has 0 aliphatic carbocycles. The third-order valence-corrected chi connectivity index (χ3v) is 11.0. The van der Waals surface area contributed by atoms with Crippen LogP contribution in [0.2, 0.25) is 0 Å². The van der Waals surface area contributed by atoms with E-state index in [1.165, 1.54) is 5.56 Å². The molecule has 0 spiro atoms. The zero-order valence-corrected chi connectivity index (χ0v) is 36.0. The number of aromatic nitrogens is 1. The normalized spacial score (nSPS) is 13.4. The fourth-order valence-electron chi connectivity index (χ4n) is 7.70. The summed E-state index contributed by atoms with van der Waals surface area (Å²) < 4.78 is 343. The summed E-state index contributed by atoms with van der Waals surface area (Å²) in [6.07, 6.45) is -51.1. The van der Waals surface area contributed by atoms with Crippen molar-refractivity contribution in [3.05, 3.63) is 183 Å². The molecule has 1 aromatic heterocycles. The smallest absolute Gasteiger partial charge is 0.388 e. The molecule has 0 aliphatic heterocycles. The Bertz CT molecular complexity index is 2530. The van der Waals surface area contributed by atoms with Gasteiger partial charge in [-0.2, -0.15) is 127 Å². The highest BCUT2D eigenvalue weighted by atomic mass is 19.4. The number of benzene rings is 5. The molecule has 3 nitrogen and oxygen atoms in total. The van der Waals surface area contributed by atoms with Gasteiger partial charge in [-0.15, -0.1) is 0 Å². The van der Waals surface area contributed by atoms with Gasteiger partial charge < -0.3 is 5.11 Å². The summed E-state index contributed by atoms with van der Waals surface area (Å²) in [4.78, 5) is 11.2. The summed E-state index contributed by atoms with van der Waals surface area (Å²) in [6, 6.07) is 4.73. The van der Waals surface area contributed by atoms with Crippen LogP contribution in [0.15, 0.2) is 128 Å². The lowest BCUT2D eigenvalue weighted by Crippen LogP contribution is -2.75. The molecule has 28 heteroatoms. The standard InChI is InChI=1S/C32H12BF24.C14H14NO2/c34-25(35,36)13-1-14(26(37,38)39)6-21(5-13)33(22-7-15(27(40,41)42)2-16(8-22)28(43,44)45,23-9-17(29(46,47)48)3-18(10-23)30(49,50)51)24-11-19(31(52,53)54)4-20(12-24)32(55,56)57;16-11-14(17)13-6-8-15(9-7-13)10-12-4-2-1-3-5-12/h1-12H;1-9,16H,10-11H2/q-1;+1. The summed E-state index contributed by atoms with van der Waals surface area (Å²) in [6.45, 7) is 0.330. The second kappa shape index (κ2) is 20.2. The predicted octanol–water partition coefficient (Wildman–Crippen LogP) is 12.4. The van der Waals surface area contributed by atoms with E-state index in [-0.39, 0.29) is 5.78 Å². The molecule has 0 bridgehead atoms. The number of nitrogens with zero attached hydrogens (tertiary/aromatic N) is 1. The molecular weight excluding hydrogens is 1070 g/mol. The Hall–Kier alpha value is -6.74. The molecule has 6 aromatic rings. The highest BCUT2D eigenvalue weighted by Gasteiger charge is 2.47. The minimum Gasteiger partial charge on any atom is -0.388 e. The molecule has 5 aromatic carbocycles. The van der Waals surface area contributed by atoms with Gasteiger partial charge in [0.15, 0.2) is 24.7 Å². The lowest BCUT2D eigenvalue weighted by Gasteiger charge is -2.46. The minimum absolute atomic E-state index is 0.253. The molecule has 74 heavy (non-hydrogen) atoms. The third kappa shape index (κ3) is 13.5. The van der Waals surface area contributed by atoms with Crippen LogP contribution in [0.1, 0.15) is 60.4 Å². The van der Waals surface area contributed by atoms with E-state index in [1.807, 2.05) is 35.2 Å². The molecule has 0 aliphatic rings. The summed E-state index contributed by atoms with van der Waals surface area (Å²) in [5.41, 5.74) is -28.5. The van der Waals surface area contributed by atoms with Crippen LogP contribution in [0.4, 0.5) is 105 Å². The van der Waals surface area contributed by atoms with Crippen molar-refractivity contribution in [3.63, 3.8) is 0 Å². The molecular formula is C46H26BF24NO2. The first-order valence-corrected chi connectivity index (χ1v) is 20.1. The van der Waals surface area contributed by atoms with E-state index in [4.69, 9.17) is 5.11 Å². The van der Waals surface area contributed by atoms with Gasteiger partial charge in [-0.05, 0) is 24.3 Å². The Morgan fingerprint density at radius 1 is 0.365 bits per heavy atom. The number of rotatable bonds is 8. The summed E-state index contributed by atoms with van der Waals surface area (Å²) in [7, 11) is 0. The minimum atomic E-state index is -6.13. The maximum Gasteiger partial charge on any atom is 0.416 e. The van der Waals surface area contributed by atoms with Crippen LogP contribution < -0.4 is 26.4 Å². The first kappa shape index (κ1) is 58.2. The highest BCUT2D eigenvalue weighted by molar-refractivity contribution is 7.20. The number of pyridine rings is 1. The highest BCUT2D eigenvalue weighted by Crippen LogP contribution is 2.41. The molecule has 0 unspecified atom stereocenters. The zero-order chi connectivity index (χ0) is 56.0. The SMILES string of the molecule is FC(F)(F)c1cc([B-](c2cc(C(F)(F)F)cc(C(F)(F)F)c2)(c2cc(C(F)(F)F)cc(C(F)(F)F)c2)c2cc(C(F)(F)F)cc(C(F)(F)F)c2)cc(C(F)(F)F)c1.O=C(CO)c1cc[n+](Cc2ccccc2)cc1. The largest absolute Gasteiger partial charge is 0.416 e. The van der Waals surface area contributed by atoms with Gasteiger partial charge in [0.1, 0.15) is 12.8 Å². The van der Waals surface area contributed by atoms with E-state index >= 15 is 0 Å². The molecule has 0 saturated carbocycles. The fourth-order valence-corrected chi connectivity index (χ4v) is 7.70. The van der Waals surface area contributed by atoms with Crippen LogP contribution >= 0.6 is 0 Å². The number of aliphatic hydroxyl groups excluding tert-OH is 1. The van der Waals surface area contributed by atoms with Gasteiger partial charge in [-0.25, -0.2) is 4.57 Å². The molecule has 398 valence electrons. The predicted molar refractivity (Wildman–Crippen MR) is 214 cm³/mol. The summed E-state index contributed by atoms with van der Waals surface area (Å²) in [5.74, 6) is -0.253. The average molecular weight is 1090 g/mol. The Balaban J connectivity index is 0.000000500. The Morgan fingerprint density at radius 3 is 0.797 bits per heavy atom. The number of alkyl halides is 24. The number of ketones is 1. The lowest BCUT2D eigenvalue weighted by molar-refractivity contribution is -0.688. The van der Waals surface area contributed by atoms with Crippen molar-refractivity contribution in [2.24, 2.45) is 0 Å². The Labute approximate surface area is 399 Å². The molecule has 0 amide bonds. The van der Waals surface area contributed by atoms with Crippen molar-refractivity contribution in [1.29, 1.82) is 0 Å². The van der Waals surface area contributed by atoms with Gasteiger partial charge in [0.2, 0.25) is 0 Å². The van der Waals surface area contributed by atoms with Gasteiger partial charge in [-0.3, -0.25) is 4.79 Å². The average Bonchev–Trinajstić information content (AvgIpc) is 3.27. The van der Waals surface area contributed by atoms with Crippen molar-refractivity contribution in [3.8, 4) is 0 Å². The van der Waals surface area contributed by atoms with Gasteiger partial charge in [-0.1, -0.05) is 78.9 Å². The molecule has 6 rings (SSSR count). The third-order valence-electron chi connectivity index (χ3n) is 11.0. The number of carbonyl (C=O) groups excluding carboxylic acids is 1. The van der Waals surface area contributed by atoms with Crippen LogP contribution in [0, 0.1) is 0 Å². The molecule has 0 radical (unpaired) electrons.